The van der Waals surface area contributed by atoms with Crippen LogP contribution in [0, 0.1) is 11.3 Å². The molecule has 1 aliphatic carbocycles. The normalized spacial score (nSPS) is 14.2. The van der Waals surface area contributed by atoms with Crippen molar-refractivity contribution < 1.29 is 4.79 Å². The fourth-order valence-corrected chi connectivity index (χ4v) is 1.62. The average Bonchev–Trinajstić information content (AvgIpc) is 2.67. The number of aryl methyl sites for hydroxylation is 1. The Balaban J connectivity index is 2.26. The highest BCUT2D eigenvalue weighted by molar-refractivity contribution is 5.99. The molecule has 0 spiro atoms. The summed E-state index contributed by atoms with van der Waals surface area (Å²) in [4.78, 5) is 11.2. The van der Waals surface area contributed by atoms with Crippen molar-refractivity contribution in [2.75, 3.05) is 0 Å². The molecule has 13 heavy (non-hydrogen) atoms. The van der Waals surface area contributed by atoms with Crippen LogP contribution in [0.3, 0.4) is 0 Å². The lowest BCUT2D eigenvalue weighted by atomic mass is 10.3. The summed E-state index contributed by atoms with van der Waals surface area (Å²) in [6, 6.07) is 2.06. The van der Waals surface area contributed by atoms with Crippen LogP contribution in [-0.4, -0.2) is 15.6 Å². The molecule has 0 amide bonds. The minimum absolute atomic E-state index is 0.179. The predicted molar refractivity (Wildman–Crippen MR) is 45.1 cm³/mol. The molecule has 0 saturated carbocycles. The van der Waals surface area contributed by atoms with Gasteiger partial charge in [-0.3, -0.25) is 9.48 Å². The molecule has 0 N–H and O–H groups in total. The monoisotopic (exact) mass is 175 g/mol. The van der Waals surface area contributed by atoms with Crippen molar-refractivity contribution in [3.8, 4) is 6.07 Å². The van der Waals surface area contributed by atoms with Crippen LogP contribution in [0.4, 0.5) is 0 Å². The number of nitriles is 1. The molecule has 0 unspecified atom stereocenters. The van der Waals surface area contributed by atoms with Gasteiger partial charge in [-0.25, -0.2) is 0 Å². The zero-order valence-electron chi connectivity index (χ0n) is 7.16. The van der Waals surface area contributed by atoms with E-state index in [2.05, 4.69) is 11.2 Å². The molecule has 0 atom stereocenters. The van der Waals surface area contributed by atoms with Crippen LogP contribution < -0.4 is 0 Å². The number of nitrogens with zero attached hydrogens (tertiary/aromatic N) is 3. The summed E-state index contributed by atoms with van der Waals surface area (Å²) in [6.07, 6.45) is 3.43. The van der Waals surface area contributed by atoms with E-state index >= 15 is 0 Å². The van der Waals surface area contributed by atoms with E-state index in [0.29, 0.717) is 19.4 Å². The lowest BCUT2D eigenvalue weighted by molar-refractivity contribution is 0.0994. The first kappa shape index (κ1) is 7.99. The molecule has 4 nitrogen and oxygen atoms in total. The fourth-order valence-electron chi connectivity index (χ4n) is 1.62. The van der Waals surface area contributed by atoms with E-state index in [4.69, 9.17) is 5.26 Å². The largest absolute Gasteiger partial charge is 0.294 e. The van der Waals surface area contributed by atoms with Gasteiger partial charge in [-0.15, -0.1) is 0 Å². The molecule has 1 aromatic heterocycles. The number of carbonyl (C=O) groups excluding carboxylic acids is 1. The van der Waals surface area contributed by atoms with Crippen LogP contribution in [0.5, 0.6) is 0 Å². The third-order valence-corrected chi connectivity index (χ3v) is 2.27. The molecule has 1 heterocycles. The van der Waals surface area contributed by atoms with Crippen LogP contribution in [0.1, 0.15) is 28.9 Å². The summed E-state index contributed by atoms with van der Waals surface area (Å²) in [5.41, 5.74) is 1.75. The van der Waals surface area contributed by atoms with Gasteiger partial charge in [0.2, 0.25) is 0 Å². The molecule has 66 valence electrons. The summed E-state index contributed by atoms with van der Waals surface area (Å²) < 4.78 is 1.77. The third-order valence-electron chi connectivity index (χ3n) is 2.27. The second-order valence-electron chi connectivity index (χ2n) is 3.06. The highest BCUT2D eigenvalue weighted by atomic mass is 16.1. The second-order valence-corrected chi connectivity index (χ2v) is 3.06. The minimum atomic E-state index is 0.179. The lowest BCUT2D eigenvalue weighted by Gasteiger charge is -2.00. The molecule has 0 fully saturated rings. The van der Waals surface area contributed by atoms with Crippen molar-refractivity contribution in [3.05, 3.63) is 17.5 Å². The smallest absolute Gasteiger partial charge is 0.166 e. The molecular formula is C9H9N3O. The van der Waals surface area contributed by atoms with Crippen molar-refractivity contribution in [2.24, 2.45) is 0 Å². The molecule has 1 aromatic rings. The molecule has 2 rings (SSSR count). The number of hydrogen-bond donors (Lipinski definition) is 0. The van der Waals surface area contributed by atoms with Gasteiger partial charge in [0, 0.05) is 12.1 Å². The van der Waals surface area contributed by atoms with Gasteiger partial charge >= 0.3 is 0 Å². The summed E-state index contributed by atoms with van der Waals surface area (Å²) in [6.45, 7) is 0.596. The molecule has 1 aliphatic rings. The predicted octanol–water partition coefficient (Wildman–Crippen LogP) is 0.926. The first-order valence-corrected chi connectivity index (χ1v) is 4.28. The number of aromatic nitrogens is 2. The number of Topliss-reactive ketones (excluding diaryl/α,β-unsaturated/α-hetero) is 1. The maximum Gasteiger partial charge on any atom is 0.166 e. The maximum absolute atomic E-state index is 11.2. The number of rotatable bonds is 2. The van der Waals surface area contributed by atoms with Crippen molar-refractivity contribution in [3.63, 3.8) is 0 Å². The first-order valence-electron chi connectivity index (χ1n) is 4.28. The minimum Gasteiger partial charge on any atom is -0.294 e. The summed E-state index contributed by atoms with van der Waals surface area (Å²) in [7, 11) is 0. The number of fused-ring (bicyclic) bond motifs is 1. The Kier molecular flexibility index (Phi) is 1.85. The number of ketones is 1. The molecule has 0 aliphatic heterocycles. The Morgan fingerprint density at radius 2 is 2.46 bits per heavy atom. The quantitative estimate of drug-likeness (QED) is 0.671. The average molecular weight is 175 g/mol. The Morgan fingerprint density at radius 1 is 1.62 bits per heavy atom. The van der Waals surface area contributed by atoms with Gasteiger partial charge in [0.15, 0.2) is 5.78 Å². The Morgan fingerprint density at radius 3 is 3.23 bits per heavy atom. The molecule has 4 heteroatoms. The van der Waals surface area contributed by atoms with Crippen molar-refractivity contribution in [1.29, 1.82) is 5.26 Å². The maximum atomic E-state index is 11.2. The zero-order valence-corrected chi connectivity index (χ0v) is 7.16. The van der Waals surface area contributed by atoms with Crippen LogP contribution >= 0.6 is 0 Å². The molecule has 0 aromatic carbocycles. The van der Waals surface area contributed by atoms with E-state index in [1.54, 1.807) is 10.9 Å². The third kappa shape index (κ3) is 1.22. The Labute approximate surface area is 75.8 Å². The first-order chi connectivity index (χ1) is 6.33. The fraction of sp³-hybridized carbons (Fsp3) is 0.444. The Hall–Kier alpha value is -1.63. The van der Waals surface area contributed by atoms with Gasteiger partial charge < -0.3 is 0 Å². The molecule has 0 radical (unpaired) electrons. The molecule has 0 saturated heterocycles. The van der Waals surface area contributed by atoms with Crippen LogP contribution in [0.2, 0.25) is 0 Å². The molecular weight excluding hydrogens is 166 g/mol. The molecule has 0 bridgehead atoms. The Bertz CT molecular complexity index is 386. The van der Waals surface area contributed by atoms with Gasteiger partial charge in [0.05, 0.1) is 30.8 Å². The number of hydrogen-bond acceptors (Lipinski definition) is 3. The van der Waals surface area contributed by atoms with E-state index in [-0.39, 0.29) is 5.78 Å². The van der Waals surface area contributed by atoms with E-state index in [9.17, 15) is 4.79 Å². The van der Waals surface area contributed by atoms with Gasteiger partial charge in [0.1, 0.15) is 0 Å². The standard InChI is InChI=1S/C9H9N3O/c10-4-1-5-12-8-2-3-9(13)7(8)6-11-12/h6H,1-3,5H2. The van der Waals surface area contributed by atoms with Crippen LogP contribution in [-0.2, 0) is 13.0 Å². The lowest BCUT2D eigenvalue weighted by Crippen LogP contribution is -2.03. The van der Waals surface area contributed by atoms with Gasteiger partial charge in [-0.05, 0) is 6.42 Å². The zero-order chi connectivity index (χ0) is 9.26. The van der Waals surface area contributed by atoms with Crippen LogP contribution in [0.15, 0.2) is 6.20 Å². The summed E-state index contributed by atoms with van der Waals surface area (Å²) >= 11 is 0. The van der Waals surface area contributed by atoms with Gasteiger partial charge in [0.25, 0.3) is 0 Å². The van der Waals surface area contributed by atoms with Crippen molar-refractivity contribution >= 4 is 5.78 Å². The summed E-state index contributed by atoms with van der Waals surface area (Å²) in [5.74, 6) is 0.179. The second kappa shape index (κ2) is 3.02. The van der Waals surface area contributed by atoms with E-state index in [1.807, 2.05) is 0 Å². The van der Waals surface area contributed by atoms with E-state index in [1.165, 1.54) is 0 Å². The SMILES string of the molecule is N#CCCn1ncc2c1CCC2=O. The van der Waals surface area contributed by atoms with Crippen molar-refractivity contribution in [1.82, 2.24) is 9.78 Å². The van der Waals surface area contributed by atoms with Crippen LogP contribution in [0.25, 0.3) is 0 Å². The highest BCUT2D eigenvalue weighted by Gasteiger charge is 2.23. The van der Waals surface area contributed by atoms with Gasteiger partial charge in [-0.2, -0.15) is 10.4 Å². The van der Waals surface area contributed by atoms with E-state index in [0.717, 1.165) is 17.7 Å². The highest BCUT2D eigenvalue weighted by Crippen LogP contribution is 2.21. The number of carbonyl (C=O) groups is 1. The van der Waals surface area contributed by atoms with Crippen molar-refractivity contribution in [2.45, 2.75) is 25.8 Å². The summed E-state index contributed by atoms with van der Waals surface area (Å²) in [5, 5.41) is 12.5. The van der Waals surface area contributed by atoms with Gasteiger partial charge in [-0.1, -0.05) is 0 Å². The topological polar surface area (TPSA) is 58.7 Å². The van der Waals surface area contributed by atoms with E-state index < -0.39 is 0 Å².